The van der Waals surface area contributed by atoms with Crippen LogP contribution in [0.15, 0.2) is 23.1 Å². The molecule has 3 rings (SSSR count). The SMILES string of the molecule is C[C@H](CO)N1C[C@H](C)[C@@H](CN(C)C(=O)C2CCCCC2)Oc2cc(C#CCN(C)C)ccc2S1(=O)=O. The topological polar surface area (TPSA) is 90.4 Å². The summed E-state index contributed by atoms with van der Waals surface area (Å²) in [4.78, 5) is 16.9. The Kier molecular flexibility index (Phi) is 9.81. The van der Waals surface area contributed by atoms with Crippen LogP contribution < -0.4 is 4.74 Å². The van der Waals surface area contributed by atoms with Crippen molar-refractivity contribution < 1.29 is 23.1 Å². The molecule has 0 unspecified atom stereocenters. The number of amides is 1. The van der Waals surface area contributed by atoms with Crippen LogP contribution in [0.4, 0.5) is 0 Å². The Morgan fingerprint density at radius 3 is 2.56 bits per heavy atom. The van der Waals surface area contributed by atoms with Gasteiger partial charge in [0.15, 0.2) is 0 Å². The minimum absolute atomic E-state index is 0.0461. The average molecular weight is 520 g/mol. The maximum Gasteiger partial charge on any atom is 0.247 e. The van der Waals surface area contributed by atoms with E-state index in [9.17, 15) is 18.3 Å². The molecule has 1 saturated carbocycles. The molecule has 0 spiro atoms. The van der Waals surface area contributed by atoms with Crippen LogP contribution in [0.2, 0.25) is 0 Å². The molecule has 8 nitrogen and oxygen atoms in total. The van der Waals surface area contributed by atoms with E-state index in [1.807, 2.05) is 25.9 Å². The molecule has 1 aliphatic heterocycles. The first-order valence-electron chi connectivity index (χ1n) is 12.9. The number of aliphatic hydroxyl groups excluding tert-OH is 1. The van der Waals surface area contributed by atoms with Crippen molar-refractivity contribution in [3.63, 3.8) is 0 Å². The highest BCUT2D eigenvalue weighted by Gasteiger charge is 2.38. The highest BCUT2D eigenvalue weighted by molar-refractivity contribution is 7.89. The second-order valence-electron chi connectivity index (χ2n) is 10.5. The highest BCUT2D eigenvalue weighted by atomic mass is 32.2. The first-order valence-corrected chi connectivity index (χ1v) is 14.3. The number of rotatable bonds is 6. The molecule has 0 aromatic heterocycles. The van der Waals surface area contributed by atoms with Gasteiger partial charge in [0, 0.05) is 37.0 Å². The van der Waals surface area contributed by atoms with Gasteiger partial charge in [0.05, 0.1) is 19.7 Å². The number of ether oxygens (including phenoxy) is 1. The summed E-state index contributed by atoms with van der Waals surface area (Å²) in [5, 5.41) is 9.82. The van der Waals surface area contributed by atoms with Crippen LogP contribution in [0, 0.1) is 23.7 Å². The molecule has 1 aromatic carbocycles. The first-order chi connectivity index (χ1) is 17.0. The highest BCUT2D eigenvalue weighted by Crippen LogP contribution is 2.34. The molecule has 0 radical (unpaired) electrons. The zero-order chi connectivity index (χ0) is 26.5. The number of likely N-dealkylation sites (N-methyl/N-ethyl adjacent to an activating group) is 1. The maximum atomic E-state index is 13.6. The van der Waals surface area contributed by atoms with Crippen molar-refractivity contribution in [1.82, 2.24) is 14.1 Å². The number of fused-ring (bicyclic) bond motifs is 1. The molecule has 36 heavy (non-hydrogen) atoms. The molecular formula is C27H41N3O5S. The predicted octanol–water partition coefficient (Wildman–Crippen LogP) is 2.41. The van der Waals surface area contributed by atoms with Crippen LogP contribution in [0.25, 0.3) is 0 Å². The molecule has 1 N–H and O–H groups in total. The van der Waals surface area contributed by atoms with Crippen LogP contribution >= 0.6 is 0 Å². The molecule has 1 heterocycles. The number of aliphatic hydroxyl groups is 1. The van der Waals surface area contributed by atoms with Crippen molar-refractivity contribution >= 4 is 15.9 Å². The average Bonchev–Trinajstić information content (AvgIpc) is 2.85. The fourth-order valence-corrected chi connectivity index (χ4v) is 6.67. The van der Waals surface area contributed by atoms with E-state index in [-0.39, 0.29) is 41.5 Å². The van der Waals surface area contributed by atoms with Crippen molar-refractivity contribution in [1.29, 1.82) is 0 Å². The van der Waals surface area contributed by atoms with Gasteiger partial charge in [-0.25, -0.2) is 8.42 Å². The summed E-state index contributed by atoms with van der Waals surface area (Å²) >= 11 is 0. The van der Waals surface area contributed by atoms with Gasteiger partial charge in [-0.05, 0) is 52.1 Å². The van der Waals surface area contributed by atoms with E-state index < -0.39 is 22.2 Å². The summed E-state index contributed by atoms with van der Waals surface area (Å²) in [7, 11) is 1.75. The Hall–Kier alpha value is -2.12. The lowest BCUT2D eigenvalue weighted by Crippen LogP contribution is -2.50. The summed E-state index contributed by atoms with van der Waals surface area (Å²) < 4.78 is 35.0. The van der Waals surface area contributed by atoms with Crippen LogP contribution in [0.1, 0.15) is 51.5 Å². The maximum absolute atomic E-state index is 13.6. The van der Waals surface area contributed by atoms with Crippen molar-refractivity contribution in [2.24, 2.45) is 11.8 Å². The zero-order valence-electron chi connectivity index (χ0n) is 22.2. The monoisotopic (exact) mass is 519 g/mol. The molecular weight excluding hydrogens is 478 g/mol. The third-order valence-corrected chi connectivity index (χ3v) is 9.10. The van der Waals surface area contributed by atoms with Crippen molar-refractivity contribution in [2.75, 3.05) is 47.4 Å². The van der Waals surface area contributed by atoms with Crippen molar-refractivity contribution in [3.8, 4) is 17.6 Å². The molecule has 1 amide bonds. The number of carbonyl (C=O) groups excluding carboxylic acids is 1. The largest absolute Gasteiger partial charge is 0.487 e. The molecule has 3 atom stereocenters. The normalized spacial score (nSPS) is 23.4. The smallest absolute Gasteiger partial charge is 0.247 e. The fourth-order valence-electron chi connectivity index (χ4n) is 4.84. The number of carbonyl (C=O) groups is 1. The third kappa shape index (κ3) is 6.80. The number of nitrogens with zero attached hydrogens (tertiary/aromatic N) is 3. The quantitative estimate of drug-likeness (QED) is 0.581. The van der Waals surface area contributed by atoms with Crippen LogP contribution in [-0.2, 0) is 14.8 Å². The summed E-state index contributed by atoms with van der Waals surface area (Å²) in [6.07, 6.45) is 4.76. The van der Waals surface area contributed by atoms with Gasteiger partial charge in [0.1, 0.15) is 16.7 Å². The molecule has 200 valence electrons. The van der Waals surface area contributed by atoms with E-state index in [0.717, 1.165) is 25.7 Å². The molecule has 0 bridgehead atoms. The molecule has 1 aliphatic carbocycles. The van der Waals surface area contributed by atoms with Gasteiger partial charge in [-0.2, -0.15) is 4.31 Å². The van der Waals surface area contributed by atoms with Gasteiger partial charge in [0.2, 0.25) is 15.9 Å². The zero-order valence-corrected chi connectivity index (χ0v) is 23.1. The van der Waals surface area contributed by atoms with Crippen LogP contribution in [0.3, 0.4) is 0 Å². The summed E-state index contributed by atoms with van der Waals surface area (Å²) in [6, 6.07) is 4.30. The van der Waals surface area contributed by atoms with Gasteiger partial charge < -0.3 is 14.7 Å². The van der Waals surface area contributed by atoms with Gasteiger partial charge in [-0.1, -0.05) is 38.0 Å². The van der Waals surface area contributed by atoms with Gasteiger partial charge >= 0.3 is 0 Å². The number of hydrogen-bond acceptors (Lipinski definition) is 6. The second kappa shape index (κ2) is 12.4. The number of sulfonamides is 1. The van der Waals surface area contributed by atoms with Crippen LogP contribution in [-0.4, -0.2) is 93.1 Å². The molecule has 2 aliphatic rings. The third-order valence-electron chi connectivity index (χ3n) is 7.08. The number of benzene rings is 1. The lowest BCUT2D eigenvalue weighted by atomic mass is 9.88. The molecule has 1 fully saturated rings. The Morgan fingerprint density at radius 2 is 1.92 bits per heavy atom. The van der Waals surface area contributed by atoms with E-state index in [0.29, 0.717) is 18.7 Å². The van der Waals surface area contributed by atoms with E-state index in [4.69, 9.17) is 4.74 Å². The standard InChI is InChI=1S/C27H41N3O5S/c1-20-17-30(21(2)19-31)36(33,34)26-14-13-22(10-9-15-28(3)4)16-24(26)35-25(20)18-29(5)27(32)23-11-7-6-8-12-23/h13-14,16,20-21,23,25,31H,6-8,11-12,15,17-19H2,1-5H3/t20-,21+,25+/m0/s1. The lowest BCUT2D eigenvalue weighted by molar-refractivity contribution is -0.136. The molecule has 9 heteroatoms. The van der Waals surface area contributed by atoms with Crippen LogP contribution in [0.5, 0.6) is 5.75 Å². The number of hydrogen-bond donors (Lipinski definition) is 1. The van der Waals surface area contributed by atoms with Crippen molar-refractivity contribution in [2.45, 2.75) is 63.0 Å². The van der Waals surface area contributed by atoms with E-state index in [1.54, 1.807) is 31.0 Å². The minimum Gasteiger partial charge on any atom is -0.487 e. The van der Waals surface area contributed by atoms with E-state index in [1.165, 1.54) is 16.8 Å². The second-order valence-corrected chi connectivity index (χ2v) is 12.4. The Labute approximate surface area is 216 Å². The molecule has 1 aromatic rings. The minimum atomic E-state index is -3.91. The van der Waals surface area contributed by atoms with Gasteiger partial charge in [-0.15, -0.1) is 0 Å². The van der Waals surface area contributed by atoms with Gasteiger partial charge in [-0.3, -0.25) is 9.69 Å². The van der Waals surface area contributed by atoms with Gasteiger partial charge in [0.25, 0.3) is 0 Å². The van der Waals surface area contributed by atoms with E-state index in [2.05, 4.69) is 11.8 Å². The lowest BCUT2D eigenvalue weighted by Gasteiger charge is -2.38. The Morgan fingerprint density at radius 1 is 1.22 bits per heavy atom. The predicted molar refractivity (Wildman–Crippen MR) is 140 cm³/mol. The molecule has 0 saturated heterocycles. The summed E-state index contributed by atoms with van der Waals surface area (Å²) in [6.45, 7) is 4.45. The van der Waals surface area contributed by atoms with Crippen molar-refractivity contribution in [3.05, 3.63) is 23.8 Å². The van der Waals surface area contributed by atoms with E-state index >= 15 is 0 Å². The Bertz CT molecular complexity index is 1070. The summed E-state index contributed by atoms with van der Waals surface area (Å²) in [5.74, 6) is 6.34. The fraction of sp³-hybridized carbons (Fsp3) is 0.667. The Balaban J connectivity index is 1.96. The summed E-state index contributed by atoms with van der Waals surface area (Å²) in [5.41, 5.74) is 0.658. The first kappa shape index (κ1) is 28.5.